The Bertz CT molecular complexity index is 613. The lowest BCUT2D eigenvalue weighted by Crippen LogP contribution is -2.27. The highest BCUT2D eigenvalue weighted by atomic mass is 19.1. The van der Waals surface area contributed by atoms with Gasteiger partial charge in [0.2, 0.25) is 5.91 Å². The van der Waals surface area contributed by atoms with Crippen molar-refractivity contribution >= 4 is 11.6 Å². The molecule has 0 saturated carbocycles. The van der Waals surface area contributed by atoms with Gasteiger partial charge in [0.1, 0.15) is 5.82 Å². The van der Waals surface area contributed by atoms with Gasteiger partial charge in [0.05, 0.1) is 5.92 Å². The van der Waals surface area contributed by atoms with Crippen LogP contribution in [0, 0.1) is 5.82 Å². The lowest BCUT2D eigenvalue weighted by molar-refractivity contribution is -0.122. The highest BCUT2D eigenvalue weighted by Crippen LogP contribution is 2.18. The number of anilines is 1. The molecule has 4 heteroatoms. The first-order chi connectivity index (χ1) is 9.56. The zero-order chi connectivity index (χ0) is 14.5. The highest BCUT2D eigenvalue weighted by Gasteiger charge is 2.14. The SMILES string of the molecule is CC(C(=O)NCc1cccc(F)c1)c1cccc(N)c1. The fourth-order valence-corrected chi connectivity index (χ4v) is 1.97. The second-order valence-electron chi connectivity index (χ2n) is 4.74. The molecule has 0 bridgehead atoms. The van der Waals surface area contributed by atoms with Crippen LogP contribution >= 0.6 is 0 Å². The van der Waals surface area contributed by atoms with Gasteiger partial charge in [-0.3, -0.25) is 4.79 Å². The molecular formula is C16H17FN2O. The van der Waals surface area contributed by atoms with E-state index in [1.54, 1.807) is 24.3 Å². The summed E-state index contributed by atoms with van der Waals surface area (Å²) >= 11 is 0. The van der Waals surface area contributed by atoms with Crippen molar-refractivity contribution in [2.45, 2.75) is 19.4 Å². The maximum atomic E-state index is 13.0. The van der Waals surface area contributed by atoms with Crippen LogP contribution in [0.3, 0.4) is 0 Å². The molecule has 1 amide bonds. The normalized spacial score (nSPS) is 11.9. The van der Waals surface area contributed by atoms with Gasteiger partial charge in [0.15, 0.2) is 0 Å². The van der Waals surface area contributed by atoms with Crippen molar-refractivity contribution in [1.29, 1.82) is 0 Å². The summed E-state index contributed by atoms with van der Waals surface area (Å²) in [5, 5.41) is 2.80. The number of benzene rings is 2. The van der Waals surface area contributed by atoms with E-state index in [1.165, 1.54) is 12.1 Å². The molecule has 0 fully saturated rings. The largest absolute Gasteiger partial charge is 0.399 e. The first kappa shape index (κ1) is 14.1. The average Bonchev–Trinajstić information content (AvgIpc) is 2.44. The summed E-state index contributed by atoms with van der Waals surface area (Å²) in [6.45, 7) is 2.12. The molecule has 3 nitrogen and oxygen atoms in total. The molecule has 0 aliphatic heterocycles. The number of nitrogens with two attached hydrogens (primary N) is 1. The molecule has 3 N–H and O–H groups in total. The summed E-state index contributed by atoms with van der Waals surface area (Å²) in [7, 11) is 0. The molecule has 0 heterocycles. The highest BCUT2D eigenvalue weighted by molar-refractivity contribution is 5.83. The summed E-state index contributed by atoms with van der Waals surface area (Å²) in [6.07, 6.45) is 0. The fraction of sp³-hybridized carbons (Fsp3) is 0.188. The maximum absolute atomic E-state index is 13.0. The molecule has 0 spiro atoms. The van der Waals surface area contributed by atoms with Crippen LogP contribution in [0.5, 0.6) is 0 Å². The van der Waals surface area contributed by atoms with Crippen LogP contribution in [-0.2, 0) is 11.3 Å². The third-order valence-electron chi connectivity index (χ3n) is 3.16. The number of carbonyl (C=O) groups excluding carboxylic acids is 1. The number of carbonyl (C=O) groups is 1. The van der Waals surface area contributed by atoms with Crippen molar-refractivity contribution in [2.75, 3.05) is 5.73 Å². The molecule has 20 heavy (non-hydrogen) atoms. The van der Waals surface area contributed by atoms with E-state index in [4.69, 9.17) is 5.73 Å². The zero-order valence-electron chi connectivity index (χ0n) is 11.3. The average molecular weight is 272 g/mol. The van der Waals surface area contributed by atoms with Crippen LogP contribution in [-0.4, -0.2) is 5.91 Å². The summed E-state index contributed by atoms with van der Waals surface area (Å²) in [5.74, 6) is -0.715. The van der Waals surface area contributed by atoms with Crippen molar-refractivity contribution < 1.29 is 9.18 Å². The third kappa shape index (κ3) is 3.57. The van der Waals surface area contributed by atoms with E-state index in [1.807, 2.05) is 19.1 Å². The minimum Gasteiger partial charge on any atom is -0.399 e. The number of hydrogen-bond acceptors (Lipinski definition) is 2. The Morgan fingerprint density at radius 1 is 1.25 bits per heavy atom. The molecule has 0 aromatic heterocycles. The predicted molar refractivity (Wildman–Crippen MR) is 77.5 cm³/mol. The molecule has 0 saturated heterocycles. The standard InChI is InChI=1S/C16H17FN2O/c1-11(13-5-3-7-15(18)9-13)16(20)19-10-12-4-2-6-14(17)8-12/h2-9,11H,10,18H2,1H3,(H,19,20). The lowest BCUT2D eigenvalue weighted by Gasteiger charge is -2.13. The number of rotatable bonds is 4. The van der Waals surface area contributed by atoms with Crippen LogP contribution < -0.4 is 11.1 Å². The van der Waals surface area contributed by atoms with Gasteiger partial charge >= 0.3 is 0 Å². The van der Waals surface area contributed by atoms with Gasteiger partial charge in [-0.2, -0.15) is 0 Å². The van der Waals surface area contributed by atoms with Gasteiger partial charge < -0.3 is 11.1 Å². The summed E-state index contributed by atoms with van der Waals surface area (Å²) < 4.78 is 13.0. The Hall–Kier alpha value is -2.36. The van der Waals surface area contributed by atoms with Gasteiger partial charge in [-0.25, -0.2) is 4.39 Å². The molecule has 2 rings (SSSR count). The van der Waals surface area contributed by atoms with Crippen LogP contribution in [0.4, 0.5) is 10.1 Å². The van der Waals surface area contributed by atoms with E-state index in [-0.39, 0.29) is 17.6 Å². The number of nitrogens with one attached hydrogen (secondary N) is 1. The molecule has 104 valence electrons. The van der Waals surface area contributed by atoms with Gasteiger partial charge in [-0.1, -0.05) is 24.3 Å². The van der Waals surface area contributed by atoms with Crippen molar-refractivity contribution in [1.82, 2.24) is 5.32 Å². The second kappa shape index (κ2) is 6.19. The number of amides is 1. The molecule has 1 atom stereocenters. The Kier molecular flexibility index (Phi) is 4.35. The minimum atomic E-state index is -0.305. The lowest BCUT2D eigenvalue weighted by atomic mass is 10.00. The molecule has 0 aliphatic rings. The minimum absolute atomic E-state index is 0.111. The van der Waals surface area contributed by atoms with Crippen LogP contribution in [0.25, 0.3) is 0 Å². The quantitative estimate of drug-likeness (QED) is 0.841. The van der Waals surface area contributed by atoms with Crippen molar-refractivity contribution in [3.63, 3.8) is 0 Å². The van der Waals surface area contributed by atoms with E-state index >= 15 is 0 Å². The van der Waals surface area contributed by atoms with Gasteiger partial charge in [0, 0.05) is 12.2 Å². The van der Waals surface area contributed by atoms with Crippen molar-refractivity contribution in [3.05, 3.63) is 65.5 Å². The zero-order valence-corrected chi connectivity index (χ0v) is 11.3. The van der Waals surface area contributed by atoms with Gasteiger partial charge in [0.25, 0.3) is 0 Å². The number of halogens is 1. The fourth-order valence-electron chi connectivity index (χ4n) is 1.97. The first-order valence-electron chi connectivity index (χ1n) is 6.44. The monoisotopic (exact) mass is 272 g/mol. The first-order valence-corrected chi connectivity index (χ1v) is 6.44. The molecule has 0 aliphatic carbocycles. The maximum Gasteiger partial charge on any atom is 0.227 e. The molecule has 1 unspecified atom stereocenters. The van der Waals surface area contributed by atoms with E-state index in [0.29, 0.717) is 12.2 Å². The van der Waals surface area contributed by atoms with E-state index in [9.17, 15) is 9.18 Å². The smallest absolute Gasteiger partial charge is 0.227 e. The van der Waals surface area contributed by atoms with Crippen LogP contribution in [0.2, 0.25) is 0 Å². The van der Waals surface area contributed by atoms with Crippen LogP contribution in [0.15, 0.2) is 48.5 Å². The Morgan fingerprint density at radius 2 is 2.00 bits per heavy atom. The molecule has 0 radical (unpaired) electrons. The molecule has 2 aromatic rings. The van der Waals surface area contributed by atoms with Gasteiger partial charge in [-0.15, -0.1) is 0 Å². The molecule has 2 aromatic carbocycles. The third-order valence-corrected chi connectivity index (χ3v) is 3.16. The second-order valence-corrected chi connectivity index (χ2v) is 4.74. The Balaban J connectivity index is 1.98. The van der Waals surface area contributed by atoms with E-state index < -0.39 is 0 Å². The van der Waals surface area contributed by atoms with Crippen LogP contribution in [0.1, 0.15) is 24.0 Å². The number of hydrogen-bond donors (Lipinski definition) is 2. The Morgan fingerprint density at radius 3 is 2.70 bits per heavy atom. The van der Waals surface area contributed by atoms with Crippen molar-refractivity contribution in [3.8, 4) is 0 Å². The summed E-state index contributed by atoms with van der Waals surface area (Å²) in [5.41, 5.74) is 7.93. The Labute approximate surface area is 117 Å². The van der Waals surface area contributed by atoms with Crippen molar-refractivity contribution in [2.24, 2.45) is 0 Å². The predicted octanol–water partition coefficient (Wildman–Crippen LogP) is 2.83. The van der Waals surface area contributed by atoms with E-state index in [2.05, 4.69) is 5.32 Å². The van der Waals surface area contributed by atoms with Gasteiger partial charge in [-0.05, 0) is 42.3 Å². The number of nitrogen functional groups attached to an aromatic ring is 1. The topological polar surface area (TPSA) is 55.1 Å². The summed E-state index contributed by atoms with van der Waals surface area (Å²) in [4.78, 5) is 12.1. The molecular weight excluding hydrogens is 255 g/mol. The van der Waals surface area contributed by atoms with E-state index in [0.717, 1.165) is 11.1 Å². The summed E-state index contributed by atoms with van der Waals surface area (Å²) in [6, 6.07) is 13.4.